The Morgan fingerprint density at radius 2 is 2.32 bits per heavy atom. The molecule has 1 aromatic heterocycles. The van der Waals surface area contributed by atoms with Crippen molar-refractivity contribution in [2.75, 3.05) is 26.8 Å². The molecule has 1 aromatic rings. The highest BCUT2D eigenvalue weighted by Crippen LogP contribution is 2.39. The number of aromatic amines is 1. The molecule has 1 fully saturated rings. The van der Waals surface area contributed by atoms with Crippen LogP contribution in [0.4, 0.5) is 0 Å². The van der Waals surface area contributed by atoms with E-state index in [2.05, 4.69) is 10.2 Å². The molecule has 1 saturated carbocycles. The van der Waals surface area contributed by atoms with Crippen LogP contribution in [0.25, 0.3) is 0 Å². The number of H-pyrrole nitrogens is 1. The van der Waals surface area contributed by atoms with Crippen molar-refractivity contribution in [3.63, 3.8) is 0 Å². The lowest BCUT2D eigenvalue weighted by atomic mass is 10.2. The van der Waals surface area contributed by atoms with Gasteiger partial charge in [-0.2, -0.15) is 5.10 Å². The molecule has 0 radical (unpaired) electrons. The van der Waals surface area contributed by atoms with Crippen molar-refractivity contribution in [1.29, 1.82) is 0 Å². The molecule has 7 heteroatoms. The number of carboxylic acid groups (broad SMARTS) is 1. The van der Waals surface area contributed by atoms with E-state index in [1.165, 1.54) is 12.0 Å². The van der Waals surface area contributed by atoms with Crippen LogP contribution in [0.15, 0.2) is 6.07 Å². The second-order valence-electron chi connectivity index (χ2n) is 4.60. The highest BCUT2D eigenvalue weighted by molar-refractivity contribution is 5.94. The molecule has 0 aromatic carbocycles. The summed E-state index contributed by atoms with van der Waals surface area (Å²) < 4.78 is 4.88. The van der Waals surface area contributed by atoms with E-state index in [1.54, 1.807) is 6.07 Å². The summed E-state index contributed by atoms with van der Waals surface area (Å²) in [6.45, 7) is 0.167. The van der Waals surface area contributed by atoms with Gasteiger partial charge in [0.15, 0.2) is 0 Å². The molecule has 19 heavy (non-hydrogen) atoms. The fourth-order valence-electron chi connectivity index (χ4n) is 1.83. The number of carbonyl (C=O) groups is 2. The number of hydrogen-bond donors (Lipinski definition) is 2. The zero-order chi connectivity index (χ0) is 13.8. The lowest BCUT2D eigenvalue weighted by molar-refractivity contribution is -0.137. The number of carbonyl (C=O) groups excluding carboxylic acids is 1. The maximum atomic E-state index is 12.2. The van der Waals surface area contributed by atoms with Crippen molar-refractivity contribution in [3.05, 3.63) is 17.5 Å². The number of rotatable bonds is 7. The van der Waals surface area contributed by atoms with Crippen molar-refractivity contribution < 1.29 is 19.4 Å². The molecular formula is C12H17N3O4. The molecule has 0 saturated heterocycles. The largest absolute Gasteiger partial charge is 0.480 e. The molecule has 1 aliphatic rings. The summed E-state index contributed by atoms with van der Waals surface area (Å²) in [5, 5.41) is 15.6. The molecule has 0 spiro atoms. The first-order valence-corrected chi connectivity index (χ1v) is 6.17. The average molecular weight is 267 g/mol. The monoisotopic (exact) mass is 267 g/mol. The molecule has 1 aliphatic carbocycles. The first-order valence-electron chi connectivity index (χ1n) is 6.17. The number of nitrogens with one attached hydrogen (secondary N) is 1. The summed E-state index contributed by atoms with van der Waals surface area (Å²) in [4.78, 5) is 24.2. The number of aliphatic carboxylic acids is 1. The zero-order valence-corrected chi connectivity index (χ0v) is 10.8. The van der Waals surface area contributed by atoms with Gasteiger partial charge in [0.25, 0.3) is 5.91 Å². The van der Waals surface area contributed by atoms with Gasteiger partial charge in [-0.15, -0.1) is 0 Å². The van der Waals surface area contributed by atoms with E-state index in [9.17, 15) is 9.59 Å². The van der Waals surface area contributed by atoms with Gasteiger partial charge in [-0.25, -0.2) is 0 Å². The molecule has 1 heterocycles. The number of nitrogens with zero attached hydrogens (tertiary/aromatic N) is 2. The van der Waals surface area contributed by atoms with Crippen molar-refractivity contribution in [1.82, 2.24) is 15.1 Å². The van der Waals surface area contributed by atoms with E-state index >= 15 is 0 Å². The van der Waals surface area contributed by atoms with Gasteiger partial charge in [0.1, 0.15) is 12.2 Å². The van der Waals surface area contributed by atoms with Crippen LogP contribution in [0.5, 0.6) is 0 Å². The quantitative estimate of drug-likeness (QED) is 0.748. The zero-order valence-electron chi connectivity index (χ0n) is 10.8. The highest BCUT2D eigenvalue weighted by Gasteiger charge is 2.28. The van der Waals surface area contributed by atoms with Crippen LogP contribution in [0, 0.1) is 0 Å². The summed E-state index contributed by atoms with van der Waals surface area (Å²) in [5.74, 6) is -0.967. The maximum Gasteiger partial charge on any atom is 0.323 e. The van der Waals surface area contributed by atoms with E-state index in [0.717, 1.165) is 18.5 Å². The van der Waals surface area contributed by atoms with Gasteiger partial charge in [0, 0.05) is 25.3 Å². The number of hydrogen-bond acceptors (Lipinski definition) is 4. The lowest BCUT2D eigenvalue weighted by Gasteiger charge is -2.18. The van der Waals surface area contributed by atoms with Gasteiger partial charge in [-0.05, 0) is 18.9 Å². The van der Waals surface area contributed by atoms with E-state index < -0.39 is 5.97 Å². The molecule has 2 rings (SSSR count). The maximum absolute atomic E-state index is 12.2. The number of amides is 1. The number of ether oxygens (including phenoxy) is 1. The standard InChI is InChI=1S/C12H17N3O4/c1-19-5-4-15(7-11(16)17)12(18)10-6-9(13-14-10)8-2-3-8/h6,8H,2-5,7H2,1H3,(H,13,14)(H,16,17). The lowest BCUT2D eigenvalue weighted by Crippen LogP contribution is -2.38. The Hall–Kier alpha value is -1.89. The third kappa shape index (κ3) is 3.54. The topological polar surface area (TPSA) is 95.5 Å². The summed E-state index contributed by atoms with van der Waals surface area (Å²) >= 11 is 0. The van der Waals surface area contributed by atoms with Crippen LogP contribution in [-0.2, 0) is 9.53 Å². The Kier molecular flexibility index (Phi) is 4.16. The number of carboxylic acids is 1. The molecule has 7 nitrogen and oxygen atoms in total. The van der Waals surface area contributed by atoms with E-state index in [-0.39, 0.29) is 24.7 Å². The van der Waals surface area contributed by atoms with Gasteiger partial charge < -0.3 is 14.7 Å². The Bertz CT molecular complexity index is 467. The second kappa shape index (κ2) is 5.83. The predicted octanol–water partition coefficient (Wildman–Crippen LogP) is 0.460. The fraction of sp³-hybridized carbons (Fsp3) is 0.583. The summed E-state index contributed by atoms with van der Waals surface area (Å²) in [5.41, 5.74) is 1.21. The average Bonchev–Trinajstić information content (AvgIpc) is 3.11. The SMILES string of the molecule is COCCN(CC(=O)O)C(=O)c1cc(C2CC2)[nH]n1. The molecular weight excluding hydrogens is 250 g/mol. The first kappa shape index (κ1) is 13.5. The Morgan fingerprint density at radius 1 is 1.58 bits per heavy atom. The number of methoxy groups -OCH3 is 1. The summed E-state index contributed by atoms with van der Waals surface area (Å²) in [6, 6.07) is 1.71. The molecule has 0 unspecified atom stereocenters. The Morgan fingerprint density at radius 3 is 2.89 bits per heavy atom. The molecule has 0 bridgehead atoms. The van der Waals surface area contributed by atoms with E-state index in [4.69, 9.17) is 9.84 Å². The third-order valence-electron chi connectivity index (χ3n) is 3.01. The smallest absolute Gasteiger partial charge is 0.323 e. The number of aromatic nitrogens is 2. The minimum atomic E-state index is -1.05. The third-order valence-corrected chi connectivity index (χ3v) is 3.01. The second-order valence-corrected chi connectivity index (χ2v) is 4.60. The van der Waals surface area contributed by atoms with Crippen LogP contribution in [0.1, 0.15) is 34.9 Å². The summed E-state index contributed by atoms with van der Waals surface area (Å²) in [6.07, 6.45) is 2.22. The molecule has 104 valence electrons. The van der Waals surface area contributed by atoms with Crippen molar-refractivity contribution in [2.24, 2.45) is 0 Å². The van der Waals surface area contributed by atoms with Crippen LogP contribution < -0.4 is 0 Å². The van der Waals surface area contributed by atoms with Crippen LogP contribution in [0.3, 0.4) is 0 Å². The fourth-order valence-corrected chi connectivity index (χ4v) is 1.83. The van der Waals surface area contributed by atoms with Gasteiger partial charge >= 0.3 is 5.97 Å². The van der Waals surface area contributed by atoms with E-state index in [1.807, 2.05) is 0 Å². The predicted molar refractivity (Wildman–Crippen MR) is 66.0 cm³/mol. The van der Waals surface area contributed by atoms with Crippen LogP contribution in [0.2, 0.25) is 0 Å². The molecule has 0 atom stereocenters. The Balaban J connectivity index is 2.04. The summed E-state index contributed by atoms with van der Waals surface area (Å²) in [7, 11) is 1.50. The van der Waals surface area contributed by atoms with Crippen molar-refractivity contribution in [2.45, 2.75) is 18.8 Å². The first-order chi connectivity index (χ1) is 9.11. The van der Waals surface area contributed by atoms with Crippen molar-refractivity contribution >= 4 is 11.9 Å². The van der Waals surface area contributed by atoms with Gasteiger partial charge in [0.05, 0.1) is 6.61 Å². The molecule has 0 aliphatic heterocycles. The highest BCUT2D eigenvalue weighted by atomic mass is 16.5. The normalized spacial score (nSPS) is 14.4. The van der Waals surface area contributed by atoms with Crippen LogP contribution >= 0.6 is 0 Å². The van der Waals surface area contributed by atoms with Crippen LogP contribution in [-0.4, -0.2) is 58.9 Å². The van der Waals surface area contributed by atoms with Crippen molar-refractivity contribution in [3.8, 4) is 0 Å². The van der Waals surface area contributed by atoms with Gasteiger partial charge in [-0.1, -0.05) is 0 Å². The van der Waals surface area contributed by atoms with E-state index in [0.29, 0.717) is 12.5 Å². The molecule has 1 amide bonds. The minimum Gasteiger partial charge on any atom is -0.480 e. The van der Waals surface area contributed by atoms with Gasteiger partial charge in [0.2, 0.25) is 0 Å². The minimum absolute atomic E-state index is 0.229. The molecule has 2 N–H and O–H groups in total. The Labute approximate surface area is 110 Å². The van der Waals surface area contributed by atoms with Gasteiger partial charge in [-0.3, -0.25) is 14.7 Å².